The third kappa shape index (κ3) is 2.86. The lowest BCUT2D eigenvalue weighted by atomic mass is 10.1. The summed E-state index contributed by atoms with van der Waals surface area (Å²) in [5.74, 6) is 0. The van der Waals surface area contributed by atoms with Gasteiger partial charge in [0.05, 0.1) is 15.9 Å². The van der Waals surface area contributed by atoms with E-state index in [0.717, 1.165) is 21.8 Å². The number of aromatic nitrogens is 4. The lowest BCUT2D eigenvalue weighted by molar-refractivity contribution is 0.879. The quantitative estimate of drug-likeness (QED) is 0.548. The monoisotopic (exact) mass is 332 g/mol. The summed E-state index contributed by atoms with van der Waals surface area (Å²) in [7, 11) is 0. The Morgan fingerprint density at radius 2 is 1.79 bits per heavy atom. The van der Waals surface area contributed by atoms with E-state index in [1.807, 2.05) is 12.1 Å². The summed E-state index contributed by atoms with van der Waals surface area (Å²) in [4.78, 5) is 8.66. The molecule has 118 valence electrons. The van der Waals surface area contributed by atoms with Gasteiger partial charge in [0.15, 0.2) is 0 Å². The van der Waals surface area contributed by atoms with Crippen LogP contribution in [0.5, 0.6) is 0 Å². The summed E-state index contributed by atoms with van der Waals surface area (Å²) in [6.07, 6.45) is 7.38. The average Bonchev–Trinajstić information content (AvgIpc) is 3.24. The second-order valence-corrected chi connectivity index (χ2v) is 6.78. The number of nitrogens with zero attached hydrogens (tertiary/aromatic N) is 4. The molecule has 5 heteroatoms. The van der Waals surface area contributed by atoms with Crippen LogP contribution in [0.25, 0.3) is 28.1 Å². The summed E-state index contributed by atoms with van der Waals surface area (Å²) < 4.78 is 2.98. The van der Waals surface area contributed by atoms with Gasteiger partial charge in [-0.05, 0) is 60.9 Å². The zero-order valence-corrected chi connectivity index (χ0v) is 14.3. The van der Waals surface area contributed by atoms with E-state index < -0.39 is 0 Å². The highest BCUT2D eigenvalue weighted by Crippen LogP contribution is 2.26. The van der Waals surface area contributed by atoms with Crippen LogP contribution in [0.3, 0.4) is 0 Å². The second kappa shape index (κ2) is 6.02. The highest BCUT2D eigenvalue weighted by atomic mass is 32.1. The Morgan fingerprint density at radius 3 is 2.54 bits per heavy atom. The van der Waals surface area contributed by atoms with Crippen molar-refractivity contribution in [3.8, 4) is 5.69 Å². The van der Waals surface area contributed by atoms with Gasteiger partial charge < -0.3 is 0 Å². The van der Waals surface area contributed by atoms with E-state index in [4.69, 9.17) is 4.98 Å². The standard InChI is InChI=1S/C19H16N4S/c1-13-9-17-18(10-14(13)2)24-19(22-17)8-5-15-3-6-16(7-4-15)23-12-20-11-21-23/h3-12H,1-2H3. The minimum absolute atomic E-state index is 0.996. The number of fused-ring (bicyclic) bond motifs is 1. The number of hydrogen-bond donors (Lipinski definition) is 0. The summed E-state index contributed by atoms with van der Waals surface area (Å²) in [5, 5.41) is 5.15. The first kappa shape index (κ1) is 14.8. The van der Waals surface area contributed by atoms with Crippen LogP contribution in [0.2, 0.25) is 0 Å². The first-order valence-corrected chi connectivity index (χ1v) is 8.52. The van der Waals surface area contributed by atoms with Crippen molar-refractivity contribution >= 4 is 33.7 Å². The van der Waals surface area contributed by atoms with Crippen molar-refractivity contribution in [3.05, 3.63) is 70.8 Å². The fourth-order valence-electron chi connectivity index (χ4n) is 2.52. The maximum absolute atomic E-state index is 4.70. The van der Waals surface area contributed by atoms with Crippen LogP contribution in [-0.4, -0.2) is 19.7 Å². The highest BCUT2D eigenvalue weighted by molar-refractivity contribution is 7.19. The summed E-state index contributed by atoms with van der Waals surface area (Å²) >= 11 is 1.72. The van der Waals surface area contributed by atoms with Crippen LogP contribution in [0.15, 0.2) is 49.1 Å². The van der Waals surface area contributed by atoms with Crippen LogP contribution in [0.1, 0.15) is 21.7 Å². The van der Waals surface area contributed by atoms with Crippen LogP contribution in [0.4, 0.5) is 0 Å². The third-order valence-electron chi connectivity index (χ3n) is 4.02. The molecule has 0 radical (unpaired) electrons. The maximum Gasteiger partial charge on any atom is 0.138 e. The highest BCUT2D eigenvalue weighted by Gasteiger charge is 2.04. The molecular weight excluding hydrogens is 316 g/mol. The van der Waals surface area contributed by atoms with Gasteiger partial charge in [0.1, 0.15) is 17.7 Å². The predicted molar refractivity (Wildman–Crippen MR) is 99.4 cm³/mol. The Kier molecular flexibility index (Phi) is 3.70. The molecule has 0 saturated heterocycles. The van der Waals surface area contributed by atoms with Crippen molar-refractivity contribution in [2.45, 2.75) is 13.8 Å². The van der Waals surface area contributed by atoms with Gasteiger partial charge >= 0.3 is 0 Å². The summed E-state index contributed by atoms with van der Waals surface area (Å²) in [6.45, 7) is 4.26. The van der Waals surface area contributed by atoms with Gasteiger partial charge in [-0.15, -0.1) is 11.3 Å². The molecule has 4 aromatic rings. The molecule has 2 aromatic heterocycles. The fraction of sp³-hybridized carbons (Fsp3) is 0.105. The molecule has 0 aliphatic heterocycles. The van der Waals surface area contributed by atoms with Gasteiger partial charge in [0.2, 0.25) is 0 Å². The van der Waals surface area contributed by atoms with E-state index >= 15 is 0 Å². The minimum atomic E-state index is 0.996. The molecule has 0 spiro atoms. The van der Waals surface area contributed by atoms with Gasteiger partial charge in [0.25, 0.3) is 0 Å². The maximum atomic E-state index is 4.70. The third-order valence-corrected chi connectivity index (χ3v) is 5.00. The van der Waals surface area contributed by atoms with Gasteiger partial charge in [-0.1, -0.05) is 18.2 Å². The van der Waals surface area contributed by atoms with Crippen LogP contribution < -0.4 is 0 Å². The van der Waals surface area contributed by atoms with Crippen molar-refractivity contribution in [2.75, 3.05) is 0 Å². The number of aryl methyl sites for hydroxylation is 2. The normalized spacial score (nSPS) is 11.6. The van der Waals surface area contributed by atoms with Crippen LogP contribution >= 0.6 is 11.3 Å². The summed E-state index contributed by atoms with van der Waals surface area (Å²) in [5.41, 5.74) is 5.79. The minimum Gasteiger partial charge on any atom is -0.237 e. The number of thiazole rings is 1. The van der Waals surface area contributed by atoms with Crippen LogP contribution in [0, 0.1) is 13.8 Å². The molecule has 0 atom stereocenters. The Bertz CT molecular complexity index is 973. The molecule has 24 heavy (non-hydrogen) atoms. The first-order chi connectivity index (χ1) is 11.7. The van der Waals surface area contributed by atoms with Gasteiger partial charge in [-0.3, -0.25) is 0 Å². The molecule has 4 nitrogen and oxygen atoms in total. The Hall–Kier alpha value is -2.79. The zero-order valence-electron chi connectivity index (χ0n) is 13.5. The second-order valence-electron chi connectivity index (χ2n) is 5.72. The number of rotatable bonds is 3. The van der Waals surface area contributed by atoms with E-state index in [1.165, 1.54) is 22.2 Å². The van der Waals surface area contributed by atoms with E-state index in [1.54, 1.807) is 22.3 Å². The van der Waals surface area contributed by atoms with E-state index in [2.05, 4.69) is 60.3 Å². The molecule has 2 aromatic carbocycles. The van der Waals surface area contributed by atoms with E-state index in [0.29, 0.717) is 0 Å². The van der Waals surface area contributed by atoms with Gasteiger partial charge in [0, 0.05) is 0 Å². The molecule has 0 aliphatic carbocycles. The number of benzene rings is 2. The predicted octanol–water partition coefficient (Wildman–Crippen LogP) is 4.66. The Morgan fingerprint density at radius 1 is 1.00 bits per heavy atom. The molecular formula is C19H16N4S. The van der Waals surface area contributed by atoms with Crippen molar-refractivity contribution in [3.63, 3.8) is 0 Å². The van der Waals surface area contributed by atoms with E-state index in [9.17, 15) is 0 Å². The van der Waals surface area contributed by atoms with Gasteiger partial charge in [-0.25, -0.2) is 14.6 Å². The Labute approximate surface area is 144 Å². The van der Waals surface area contributed by atoms with Crippen molar-refractivity contribution in [1.82, 2.24) is 19.7 Å². The molecule has 4 rings (SSSR count). The zero-order chi connectivity index (χ0) is 16.5. The topological polar surface area (TPSA) is 43.6 Å². The Balaban J connectivity index is 1.58. The first-order valence-electron chi connectivity index (χ1n) is 7.70. The van der Waals surface area contributed by atoms with Crippen molar-refractivity contribution in [1.29, 1.82) is 0 Å². The lowest BCUT2D eigenvalue weighted by Gasteiger charge is -2.00. The number of hydrogen-bond acceptors (Lipinski definition) is 4. The molecule has 2 heterocycles. The van der Waals surface area contributed by atoms with Crippen molar-refractivity contribution < 1.29 is 0 Å². The molecule has 0 unspecified atom stereocenters. The average molecular weight is 332 g/mol. The van der Waals surface area contributed by atoms with Gasteiger partial charge in [-0.2, -0.15) is 5.10 Å². The molecule has 0 saturated carbocycles. The fourth-order valence-corrected chi connectivity index (χ4v) is 3.47. The molecule has 0 N–H and O–H groups in total. The SMILES string of the molecule is Cc1cc2nc(C=Cc3ccc(-n4cncn4)cc3)sc2cc1C. The summed E-state index contributed by atoms with van der Waals surface area (Å²) in [6, 6.07) is 12.6. The molecule has 0 aliphatic rings. The molecule has 0 bridgehead atoms. The van der Waals surface area contributed by atoms with E-state index in [-0.39, 0.29) is 0 Å². The van der Waals surface area contributed by atoms with Crippen molar-refractivity contribution in [2.24, 2.45) is 0 Å². The lowest BCUT2D eigenvalue weighted by Crippen LogP contribution is -1.93. The smallest absolute Gasteiger partial charge is 0.138 e. The largest absolute Gasteiger partial charge is 0.237 e. The molecule has 0 fully saturated rings. The molecule has 0 amide bonds. The van der Waals surface area contributed by atoms with Crippen LogP contribution in [-0.2, 0) is 0 Å².